The molecule has 9 heteroatoms. The number of nitrogens with one attached hydrogen (secondary N) is 3. The van der Waals surface area contributed by atoms with Crippen molar-refractivity contribution in [3.8, 4) is 0 Å². The lowest BCUT2D eigenvalue weighted by molar-refractivity contribution is 0.0946. The fourth-order valence-electron chi connectivity index (χ4n) is 2.51. The molecule has 0 saturated carbocycles. The van der Waals surface area contributed by atoms with E-state index in [-0.39, 0.29) is 23.9 Å². The van der Waals surface area contributed by atoms with Crippen LogP contribution in [-0.2, 0) is 23.1 Å². The largest absolute Gasteiger partial charge is 0.356 e. The average Bonchev–Trinajstić information content (AvgIpc) is 3.11. The number of hydrogen-bond donors (Lipinski definition) is 3. The number of carbonyl (C=O) groups is 1. The Bertz CT molecular complexity index is 1100. The summed E-state index contributed by atoms with van der Waals surface area (Å²) in [6.45, 7) is 0.109. The monoisotopic (exact) mass is 421 g/mol. The van der Waals surface area contributed by atoms with Crippen molar-refractivity contribution in [2.45, 2.75) is 18.0 Å². The van der Waals surface area contributed by atoms with Gasteiger partial charge in [-0.15, -0.1) is 0 Å². The number of aromatic nitrogens is 1. The lowest BCUT2D eigenvalue weighted by atomic mass is 10.2. The summed E-state index contributed by atoms with van der Waals surface area (Å²) in [4.78, 5) is 14.8. The zero-order valence-electron chi connectivity index (χ0n) is 14.6. The third-order valence-electron chi connectivity index (χ3n) is 3.91. The number of aromatic amines is 1. The number of benzene rings is 2. The van der Waals surface area contributed by atoms with E-state index < -0.39 is 15.8 Å². The van der Waals surface area contributed by atoms with Crippen LogP contribution in [0.25, 0.3) is 0 Å². The Labute approximate surface area is 166 Å². The van der Waals surface area contributed by atoms with Crippen LogP contribution in [0.5, 0.6) is 0 Å². The summed E-state index contributed by atoms with van der Waals surface area (Å²) in [6.07, 6.45) is 1.49. The average molecular weight is 422 g/mol. The molecular weight excluding hydrogens is 405 g/mol. The van der Waals surface area contributed by atoms with Crippen LogP contribution < -0.4 is 10.0 Å². The summed E-state index contributed by atoms with van der Waals surface area (Å²) in [6, 6.07) is 13.4. The molecule has 0 fully saturated rings. The van der Waals surface area contributed by atoms with E-state index in [0.29, 0.717) is 21.8 Å². The number of sulfonamides is 1. The van der Waals surface area contributed by atoms with Gasteiger partial charge in [0.25, 0.3) is 5.91 Å². The van der Waals surface area contributed by atoms with Gasteiger partial charge < -0.3 is 10.3 Å². The van der Waals surface area contributed by atoms with E-state index in [2.05, 4.69) is 15.0 Å². The van der Waals surface area contributed by atoms with Crippen molar-refractivity contribution in [3.63, 3.8) is 0 Å². The van der Waals surface area contributed by atoms with Gasteiger partial charge in [0.15, 0.2) is 0 Å². The van der Waals surface area contributed by atoms with Crippen LogP contribution in [-0.4, -0.2) is 19.3 Å². The molecule has 1 heterocycles. The van der Waals surface area contributed by atoms with Gasteiger partial charge in [-0.25, -0.2) is 17.5 Å². The highest BCUT2D eigenvalue weighted by molar-refractivity contribution is 7.89. The summed E-state index contributed by atoms with van der Waals surface area (Å²) in [5, 5.41) is 3.10. The van der Waals surface area contributed by atoms with Gasteiger partial charge >= 0.3 is 0 Å². The fraction of sp³-hybridized carbons (Fsp3) is 0.105. The normalized spacial score (nSPS) is 11.4. The molecule has 0 saturated heterocycles. The van der Waals surface area contributed by atoms with E-state index in [9.17, 15) is 17.6 Å². The van der Waals surface area contributed by atoms with E-state index in [4.69, 9.17) is 11.6 Å². The molecular formula is C19H17ClFN3O3S. The summed E-state index contributed by atoms with van der Waals surface area (Å²) in [5.74, 6) is -0.790. The van der Waals surface area contributed by atoms with Gasteiger partial charge in [0.05, 0.1) is 9.92 Å². The molecule has 1 aromatic heterocycles. The minimum absolute atomic E-state index is 0.0331. The maximum absolute atomic E-state index is 13.2. The molecule has 3 N–H and O–H groups in total. The highest BCUT2D eigenvalue weighted by atomic mass is 35.5. The number of hydrogen-bond acceptors (Lipinski definition) is 3. The number of rotatable bonds is 7. The van der Waals surface area contributed by atoms with Crippen molar-refractivity contribution in [1.29, 1.82) is 0 Å². The minimum Gasteiger partial charge on any atom is -0.356 e. The van der Waals surface area contributed by atoms with Crippen LogP contribution in [0.2, 0.25) is 5.02 Å². The molecule has 28 heavy (non-hydrogen) atoms. The van der Waals surface area contributed by atoms with Crippen LogP contribution in [0.15, 0.2) is 65.7 Å². The Balaban J connectivity index is 1.65. The standard InChI is InChI=1S/C19H17ClFN3O3S/c20-15-9-18(22-12-15)19(25)23-10-14-4-2-6-17(8-14)28(26,27)24-11-13-3-1-5-16(21)7-13/h1-9,12,22,24H,10-11H2,(H,23,25). The first kappa shape index (κ1) is 20.1. The summed E-state index contributed by atoms with van der Waals surface area (Å²) in [7, 11) is -3.79. The van der Waals surface area contributed by atoms with Gasteiger partial charge in [0, 0.05) is 19.3 Å². The second-order valence-electron chi connectivity index (χ2n) is 6.02. The number of amides is 1. The molecule has 0 atom stereocenters. The molecule has 0 radical (unpaired) electrons. The first-order valence-electron chi connectivity index (χ1n) is 8.29. The van der Waals surface area contributed by atoms with E-state index in [1.807, 2.05) is 0 Å². The maximum Gasteiger partial charge on any atom is 0.268 e. The Kier molecular flexibility index (Phi) is 6.13. The molecule has 146 valence electrons. The van der Waals surface area contributed by atoms with Gasteiger partial charge in [-0.3, -0.25) is 4.79 Å². The lowest BCUT2D eigenvalue weighted by Gasteiger charge is -2.09. The minimum atomic E-state index is -3.79. The van der Waals surface area contributed by atoms with Crippen molar-refractivity contribution in [3.05, 3.63) is 88.5 Å². The van der Waals surface area contributed by atoms with E-state index in [1.165, 1.54) is 42.6 Å². The Morgan fingerprint density at radius 3 is 2.43 bits per heavy atom. The predicted molar refractivity (Wildman–Crippen MR) is 104 cm³/mol. The quantitative estimate of drug-likeness (QED) is 0.547. The number of H-pyrrole nitrogens is 1. The molecule has 2 aromatic carbocycles. The molecule has 0 bridgehead atoms. The van der Waals surface area contributed by atoms with Crippen molar-refractivity contribution < 1.29 is 17.6 Å². The van der Waals surface area contributed by atoms with Crippen molar-refractivity contribution >= 4 is 27.5 Å². The van der Waals surface area contributed by atoms with Gasteiger partial charge in [-0.05, 0) is 41.5 Å². The molecule has 1 amide bonds. The van der Waals surface area contributed by atoms with Crippen molar-refractivity contribution in [2.75, 3.05) is 0 Å². The highest BCUT2D eigenvalue weighted by Gasteiger charge is 2.15. The molecule has 0 aliphatic rings. The summed E-state index contributed by atoms with van der Waals surface area (Å²) >= 11 is 5.77. The van der Waals surface area contributed by atoms with Crippen LogP contribution >= 0.6 is 11.6 Å². The zero-order chi connectivity index (χ0) is 20.1. The molecule has 0 spiro atoms. The maximum atomic E-state index is 13.2. The zero-order valence-corrected chi connectivity index (χ0v) is 16.1. The van der Waals surface area contributed by atoms with Gasteiger partial charge in [-0.2, -0.15) is 0 Å². The smallest absolute Gasteiger partial charge is 0.268 e. The van der Waals surface area contributed by atoms with Gasteiger partial charge in [0.2, 0.25) is 10.0 Å². The summed E-state index contributed by atoms with van der Waals surface area (Å²) < 4.78 is 40.6. The van der Waals surface area contributed by atoms with Crippen molar-refractivity contribution in [2.24, 2.45) is 0 Å². The Hall–Kier alpha value is -2.68. The molecule has 0 unspecified atom stereocenters. The van der Waals surface area contributed by atoms with E-state index in [1.54, 1.807) is 18.2 Å². The van der Waals surface area contributed by atoms with Crippen LogP contribution in [0.3, 0.4) is 0 Å². The molecule has 3 aromatic rings. The Morgan fingerprint density at radius 2 is 1.75 bits per heavy atom. The third kappa shape index (κ3) is 5.19. The third-order valence-corrected chi connectivity index (χ3v) is 5.53. The van der Waals surface area contributed by atoms with Crippen LogP contribution in [0.1, 0.15) is 21.6 Å². The fourth-order valence-corrected chi connectivity index (χ4v) is 3.76. The summed E-state index contributed by atoms with van der Waals surface area (Å²) in [5.41, 5.74) is 1.43. The SMILES string of the molecule is O=C(NCc1cccc(S(=O)(=O)NCc2cccc(F)c2)c1)c1cc(Cl)c[nH]1. The first-order valence-corrected chi connectivity index (χ1v) is 10.1. The number of carbonyl (C=O) groups excluding carboxylic acids is 1. The van der Waals surface area contributed by atoms with Gasteiger partial charge in [0.1, 0.15) is 11.5 Å². The van der Waals surface area contributed by atoms with Crippen LogP contribution in [0.4, 0.5) is 4.39 Å². The molecule has 6 nitrogen and oxygen atoms in total. The van der Waals surface area contributed by atoms with Crippen LogP contribution in [0, 0.1) is 5.82 Å². The Morgan fingerprint density at radius 1 is 1.04 bits per heavy atom. The second-order valence-corrected chi connectivity index (χ2v) is 8.22. The first-order chi connectivity index (χ1) is 13.3. The predicted octanol–water partition coefficient (Wildman–Crippen LogP) is 3.22. The molecule has 0 aliphatic heterocycles. The molecule has 0 aliphatic carbocycles. The second kappa shape index (κ2) is 8.55. The molecule has 3 rings (SSSR count). The topological polar surface area (TPSA) is 91.1 Å². The van der Waals surface area contributed by atoms with Crippen molar-refractivity contribution in [1.82, 2.24) is 15.0 Å². The highest BCUT2D eigenvalue weighted by Crippen LogP contribution is 2.14. The van der Waals surface area contributed by atoms with Gasteiger partial charge in [-0.1, -0.05) is 35.9 Å². The van der Waals surface area contributed by atoms with E-state index in [0.717, 1.165) is 0 Å². The lowest BCUT2D eigenvalue weighted by Crippen LogP contribution is -2.25. The van der Waals surface area contributed by atoms with E-state index >= 15 is 0 Å². The number of halogens is 2.